The van der Waals surface area contributed by atoms with E-state index in [9.17, 15) is 0 Å². The summed E-state index contributed by atoms with van der Waals surface area (Å²) in [5.41, 5.74) is 11.4. The zero-order chi connectivity index (χ0) is 34.9. The molecule has 0 aliphatic carbocycles. The summed E-state index contributed by atoms with van der Waals surface area (Å²) in [7, 11) is 0. The first-order chi connectivity index (χ1) is 26.3. The molecule has 11 aromatic rings. The molecule has 0 bridgehead atoms. The Morgan fingerprint density at radius 1 is 0.321 bits per heavy atom. The Labute approximate surface area is 305 Å². The topological polar surface area (TPSA) is 29.5 Å². The van der Waals surface area contributed by atoms with Gasteiger partial charge < -0.3 is 13.7 Å². The molecule has 2 aromatic heterocycles. The van der Waals surface area contributed by atoms with Gasteiger partial charge in [-0.1, -0.05) is 133 Å². The number of fused-ring (bicyclic) bond motifs is 10. The zero-order valence-corrected chi connectivity index (χ0v) is 28.7. The number of anilines is 3. The lowest BCUT2D eigenvalue weighted by molar-refractivity contribution is 0.672. The highest BCUT2D eigenvalue weighted by Gasteiger charge is 2.21. The van der Waals surface area contributed by atoms with Gasteiger partial charge in [-0.25, -0.2) is 0 Å². The summed E-state index contributed by atoms with van der Waals surface area (Å²) in [6.45, 7) is 0. The summed E-state index contributed by atoms with van der Waals surface area (Å²) in [4.78, 5) is 2.36. The fourth-order valence-corrected chi connectivity index (χ4v) is 8.26. The molecule has 0 saturated heterocycles. The van der Waals surface area contributed by atoms with Gasteiger partial charge in [0.05, 0.1) is 5.69 Å². The monoisotopic (exact) mass is 677 g/mol. The lowest BCUT2D eigenvalue weighted by Crippen LogP contribution is -2.11. The van der Waals surface area contributed by atoms with Crippen molar-refractivity contribution in [1.29, 1.82) is 0 Å². The van der Waals surface area contributed by atoms with Gasteiger partial charge in [-0.3, -0.25) is 0 Å². The van der Waals surface area contributed by atoms with Crippen LogP contribution in [0.1, 0.15) is 0 Å². The van der Waals surface area contributed by atoms with Gasteiger partial charge >= 0.3 is 0 Å². The van der Waals surface area contributed by atoms with E-state index in [1.54, 1.807) is 0 Å². The van der Waals surface area contributed by atoms with Crippen molar-refractivity contribution in [2.24, 2.45) is 0 Å². The predicted molar refractivity (Wildman–Crippen MR) is 222 cm³/mol. The number of furan rings is 2. The lowest BCUT2D eigenvalue weighted by Gasteiger charge is -2.28. The summed E-state index contributed by atoms with van der Waals surface area (Å²) in [6.07, 6.45) is 0. The highest BCUT2D eigenvalue weighted by Crippen LogP contribution is 2.46. The molecule has 0 aliphatic heterocycles. The van der Waals surface area contributed by atoms with Gasteiger partial charge in [-0.05, 0) is 82.1 Å². The molecule has 0 radical (unpaired) electrons. The van der Waals surface area contributed by atoms with Crippen molar-refractivity contribution in [1.82, 2.24) is 0 Å². The third-order valence-electron chi connectivity index (χ3n) is 10.7. The second kappa shape index (κ2) is 11.7. The molecule has 3 heteroatoms. The quantitative estimate of drug-likeness (QED) is 0.182. The molecule has 0 atom stereocenters. The van der Waals surface area contributed by atoms with Crippen molar-refractivity contribution in [2.75, 3.05) is 4.90 Å². The van der Waals surface area contributed by atoms with Crippen LogP contribution in [0.15, 0.2) is 197 Å². The van der Waals surface area contributed by atoms with Crippen LogP contribution in [0.3, 0.4) is 0 Å². The summed E-state index contributed by atoms with van der Waals surface area (Å²) in [5, 5.41) is 9.12. The van der Waals surface area contributed by atoms with Crippen molar-refractivity contribution in [3.8, 4) is 22.3 Å². The van der Waals surface area contributed by atoms with E-state index in [0.29, 0.717) is 0 Å². The average molecular weight is 678 g/mol. The fourth-order valence-electron chi connectivity index (χ4n) is 8.26. The second-order valence-corrected chi connectivity index (χ2v) is 13.6. The van der Waals surface area contributed by atoms with Crippen molar-refractivity contribution in [2.45, 2.75) is 0 Å². The van der Waals surface area contributed by atoms with Crippen molar-refractivity contribution >= 4 is 82.5 Å². The third-order valence-corrected chi connectivity index (χ3v) is 10.7. The Morgan fingerprint density at radius 2 is 0.830 bits per heavy atom. The molecule has 0 amide bonds. The van der Waals surface area contributed by atoms with E-state index in [2.05, 4.69) is 193 Å². The molecule has 0 spiro atoms. The normalized spacial score (nSPS) is 11.8. The van der Waals surface area contributed by atoms with Gasteiger partial charge in [-0.15, -0.1) is 0 Å². The fraction of sp³-hybridized carbons (Fsp3) is 0. The molecule has 11 rings (SSSR count). The third kappa shape index (κ3) is 4.61. The molecule has 2 heterocycles. The van der Waals surface area contributed by atoms with Crippen LogP contribution in [0.4, 0.5) is 17.1 Å². The van der Waals surface area contributed by atoms with Gasteiger partial charge in [0.15, 0.2) is 0 Å². The van der Waals surface area contributed by atoms with E-state index in [-0.39, 0.29) is 0 Å². The second-order valence-electron chi connectivity index (χ2n) is 13.6. The Kier molecular flexibility index (Phi) is 6.55. The molecular formula is C50H31NO2. The Morgan fingerprint density at radius 3 is 1.49 bits per heavy atom. The number of benzene rings is 9. The highest BCUT2D eigenvalue weighted by atomic mass is 16.3. The van der Waals surface area contributed by atoms with Crippen LogP contribution in [0.25, 0.3) is 87.7 Å². The standard InChI is InChI=1S/C50H31NO2/c1-2-14-35(15-3-1)51(36-28-24-34(25-29-36)37-19-10-22-45-47(37)42-30-26-32-12-4-6-16-38(32)49(42)52-45)44-21-9-8-18-40(44)41-20-11-23-46-48(41)43-31-27-33-13-5-7-17-39(33)50(43)53-46/h1-31H. The Balaban J connectivity index is 1.08. The van der Waals surface area contributed by atoms with E-state index in [4.69, 9.17) is 8.83 Å². The minimum absolute atomic E-state index is 0.883. The van der Waals surface area contributed by atoms with Gasteiger partial charge in [0, 0.05) is 49.3 Å². The van der Waals surface area contributed by atoms with Crippen molar-refractivity contribution in [3.63, 3.8) is 0 Å². The van der Waals surface area contributed by atoms with Crippen LogP contribution in [0, 0.1) is 0 Å². The molecule has 9 aromatic carbocycles. The van der Waals surface area contributed by atoms with Crippen LogP contribution in [0.5, 0.6) is 0 Å². The number of rotatable bonds is 5. The molecule has 53 heavy (non-hydrogen) atoms. The number of hydrogen-bond donors (Lipinski definition) is 0. The molecule has 0 N–H and O–H groups in total. The predicted octanol–water partition coefficient (Wildman–Crippen LogP) is 14.6. The van der Waals surface area contributed by atoms with E-state index in [1.807, 2.05) is 0 Å². The number of para-hydroxylation sites is 2. The summed E-state index contributed by atoms with van der Waals surface area (Å²) in [5.74, 6) is 0. The van der Waals surface area contributed by atoms with Crippen molar-refractivity contribution in [3.05, 3.63) is 188 Å². The molecule has 0 fully saturated rings. The molecule has 248 valence electrons. The molecule has 0 unspecified atom stereocenters. The maximum absolute atomic E-state index is 6.60. The van der Waals surface area contributed by atoms with Crippen LogP contribution in [-0.2, 0) is 0 Å². The van der Waals surface area contributed by atoms with Crippen LogP contribution in [-0.4, -0.2) is 0 Å². The lowest BCUT2D eigenvalue weighted by atomic mass is 9.95. The van der Waals surface area contributed by atoms with E-state index in [1.165, 1.54) is 10.8 Å². The highest BCUT2D eigenvalue weighted by molar-refractivity contribution is 6.20. The minimum atomic E-state index is 0.883. The number of nitrogens with zero attached hydrogens (tertiary/aromatic N) is 1. The number of hydrogen-bond acceptors (Lipinski definition) is 3. The van der Waals surface area contributed by atoms with E-state index < -0.39 is 0 Å². The maximum Gasteiger partial charge on any atom is 0.143 e. The first-order valence-electron chi connectivity index (χ1n) is 18.0. The van der Waals surface area contributed by atoms with Crippen molar-refractivity contribution < 1.29 is 8.83 Å². The van der Waals surface area contributed by atoms with Crippen LogP contribution >= 0.6 is 0 Å². The van der Waals surface area contributed by atoms with E-state index >= 15 is 0 Å². The average Bonchev–Trinajstić information content (AvgIpc) is 3.81. The molecule has 0 aliphatic rings. The Bertz CT molecular complexity index is 3170. The summed E-state index contributed by atoms with van der Waals surface area (Å²) >= 11 is 0. The largest absolute Gasteiger partial charge is 0.455 e. The Hall–Kier alpha value is -7.10. The zero-order valence-electron chi connectivity index (χ0n) is 28.7. The first-order valence-corrected chi connectivity index (χ1v) is 18.0. The van der Waals surface area contributed by atoms with Gasteiger partial charge in [0.25, 0.3) is 0 Å². The smallest absolute Gasteiger partial charge is 0.143 e. The minimum Gasteiger partial charge on any atom is -0.455 e. The molecular weight excluding hydrogens is 647 g/mol. The van der Waals surface area contributed by atoms with Crippen LogP contribution in [0.2, 0.25) is 0 Å². The van der Waals surface area contributed by atoms with Gasteiger partial charge in [0.2, 0.25) is 0 Å². The summed E-state index contributed by atoms with van der Waals surface area (Å²) < 4.78 is 13.1. The first kappa shape index (κ1) is 29.6. The van der Waals surface area contributed by atoms with E-state index in [0.717, 1.165) is 94.0 Å². The molecule has 3 nitrogen and oxygen atoms in total. The van der Waals surface area contributed by atoms with Crippen LogP contribution < -0.4 is 4.90 Å². The SMILES string of the molecule is c1ccc(N(c2ccc(-c3cccc4oc5c6ccccc6ccc5c34)cc2)c2ccccc2-c2cccc3oc4c5ccccc5ccc4c23)cc1. The molecule has 0 saturated carbocycles. The summed E-state index contributed by atoms with van der Waals surface area (Å²) in [6, 6.07) is 66.6. The van der Waals surface area contributed by atoms with Gasteiger partial charge in [0.1, 0.15) is 22.3 Å². The maximum atomic E-state index is 6.60. The van der Waals surface area contributed by atoms with Gasteiger partial charge in [-0.2, -0.15) is 0 Å².